The molecule has 0 spiro atoms. The van der Waals surface area contributed by atoms with Crippen LogP contribution in [0.15, 0.2) is 4.99 Å². The lowest BCUT2D eigenvalue weighted by molar-refractivity contribution is 0.0310. The summed E-state index contributed by atoms with van der Waals surface area (Å²) in [6.45, 7) is 11.1. The van der Waals surface area contributed by atoms with Gasteiger partial charge in [-0.25, -0.2) is 0 Å². The first-order valence-electron chi connectivity index (χ1n) is 7.20. The van der Waals surface area contributed by atoms with Gasteiger partial charge < -0.3 is 25.0 Å². The molecule has 0 aromatic heterocycles. The number of methoxy groups -OCH3 is 2. The molecule has 0 aliphatic carbocycles. The molecule has 120 valence electrons. The van der Waals surface area contributed by atoms with Gasteiger partial charge in [-0.1, -0.05) is 0 Å². The quantitative estimate of drug-likeness (QED) is 0.454. The highest BCUT2D eigenvalue weighted by molar-refractivity contribution is 5.79. The predicted molar refractivity (Wildman–Crippen MR) is 84.4 cm³/mol. The van der Waals surface area contributed by atoms with Crippen molar-refractivity contribution >= 4 is 5.96 Å². The maximum atomic E-state index is 5.37. The predicted octanol–water partition coefficient (Wildman–Crippen LogP) is 0.545. The Balaban J connectivity index is 4.11. The summed E-state index contributed by atoms with van der Waals surface area (Å²) in [5.74, 6) is 0.831. The van der Waals surface area contributed by atoms with Crippen LogP contribution in [0.4, 0.5) is 0 Å². The van der Waals surface area contributed by atoms with Crippen LogP contribution in [0.1, 0.15) is 20.8 Å². The Bertz CT molecular complexity index is 270. The zero-order valence-electron chi connectivity index (χ0n) is 14.0. The monoisotopic (exact) mass is 288 g/mol. The molecule has 0 aliphatic rings. The first kappa shape index (κ1) is 19.1. The van der Waals surface area contributed by atoms with Gasteiger partial charge in [-0.3, -0.25) is 4.99 Å². The van der Waals surface area contributed by atoms with Gasteiger partial charge in [0.2, 0.25) is 0 Å². The fourth-order valence-electron chi connectivity index (χ4n) is 1.40. The van der Waals surface area contributed by atoms with E-state index in [0.717, 1.165) is 38.7 Å². The Morgan fingerprint density at radius 3 is 2.45 bits per heavy atom. The molecule has 0 atom stereocenters. The van der Waals surface area contributed by atoms with Crippen LogP contribution in [0.3, 0.4) is 0 Å². The van der Waals surface area contributed by atoms with Crippen molar-refractivity contribution in [2.24, 2.45) is 4.99 Å². The lowest BCUT2D eigenvalue weighted by Gasteiger charge is -2.22. The van der Waals surface area contributed by atoms with Gasteiger partial charge in [0.05, 0.1) is 18.8 Å². The molecule has 2 N–H and O–H groups in total. The molecule has 0 amide bonds. The Kier molecular flexibility index (Phi) is 10.4. The van der Waals surface area contributed by atoms with Gasteiger partial charge >= 0.3 is 0 Å². The Morgan fingerprint density at radius 2 is 1.90 bits per heavy atom. The first-order chi connectivity index (χ1) is 9.45. The average molecular weight is 288 g/mol. The molecule has 0 fully saturated rings. The van der Waals surface area contributed by atoms with Crippen LogP contribution < -0.4 is 10.6 Å². The molecule has 0 rings (SSSR count). The van der Waals surface area contributed by atoms with E-state index >= 15 is 0 Å². The largest absolute Gasteiger partial charge is 0.383 e. The number of likely N-dealkylation sites (N-methyl/N-ethyl adjacent to an activating group) is 1. The molecule has 0 saturated heterocycles. The summed E-state index contributed by atoms with van der Waals surface area (Å²) in [6.07, 6.45) is 0. The number of guanidine groups is 1. The number of hydrogen-bond donors (Lipinski definition) is 2. The van der Waals surface area contributed by atoms with Gasteiger partial charge in [0, 0.05) is 40.4 Å². The summed E-state index contributed by atoms with van der Waals surface area (Å²) < 4.78 is 10.4. The van der Waals surface area contributed by atoms with Crippen LogP contribution >= 0.6 is 0 Å². The Hall–Kier alpha value is -0.850. The first-order valence-corrected chi connectivity index (χ1v) is 7.20. The average Bonchev–Trinajstić information content (AvgIpc) is 2.42. The third-order valence-corrected chi connectivity index (χ3v) is 2.98. The summed E-state index contributed by atoms with van der Waals surface area (Å²) >= 11 is 0. The van der Waals surface area contributed by atoms with Crippen LogP contribution in [0.5, 0.6) is 0 Å². The van der Waals surface area contributed by atoms with Gasteiger partial charge in [-0.2, -0.15) is 0 Å². The van der Waals surface area contributed by atoms with Crippen molar-refractivity contribution in [1.82, 2.24) is 15.5 Å². The topological polar surface area (TPSA) is 58.1 Å². The van der Waals surface area contributed by atoms with Crippen molar-refractivity contribution in [1.29, 1.82) is 0 Å². The molecule has 0 aliphatic heterocycles. The van der Waals surface area contributed by atoms with E-state index in [-0.39, 0.29) is 5.60 Å². The number of hydrogen-bond acceptors (Lipinski definition) is 4. The molecule has 20 heavy (non-hydrogen) atoms. The third kappa shape index (κ3) is 10.00. The van der Waals surface area contributed by atoms with Crippen LogP contribution in [0, 0.1) is 0 Å². The summed E-state index contributed by atoms with van der Waals surface area (Å²) in [5.41, 5.74) is -0.238. The second-order valence-electron chi connectivity index (χ2n) is 5.38. The molecule has 0 aromatic rings. The zero-order chi connectivity index (χ0) is 15.4. The van der Waals surface area contributed by atoms with Gasteiger partial charge in [-0.05, 0) is 27.8 Å². The fraction of sp³-hybridized carbons (Fsp3) is 0.929. The van der Waals surface area contributed by atoms with E-state index in [4.69, 9.17) is 9.47 Å². The fourth-order valence-corrected chi connectivity index (χ4v) is 1.40. The van der Waals surface area contributed by atoms with E-state index in [9.17, 15) is 0 Å². The molecule has 6 nitrogen and oxygen atoms in total. The second kappa shape index (κ2) is 10.9. The molecule has 0 saturated carbocycles. The summed E-state index contributed by atoms with van der Waals surface area (Å²) in [4.78, 5) is 6.76. The summed E-state index contributed by atoms with van der Waals surface area (Å²) in [6, 6.07) is 0. The SMILES string of the molecule is CCNC(=NCC(C)(C)OC)NCCN(C)CCOC. The molecule has 0 heterocycles. The van der Waals surface area contributed by atoms with Crippen LogP contribution in [0.2, 0.25) is 0 Å². The second-order valence-corrected chi connectivity index (χ2v) is 5.38. The highest BCUT2D eigenvalue weighted by atomic mass is 16.5. The van der Waals surface area contributed by atoms with E-state index < -0.39 is 0 Å². The molecule has 0 radical (unpaired) electrons. The minimum Gasteiger partial charge on any atom is -0.383 e. The van der Waals surface area contributed by atoms with Crippen molar-refractivity contribution in [2.45, 2.75) is 26.4 Å². The number of aliphatic imine (C=N–C) groups is 1. The molecule has 0 unspecified atom stereocenters. The minimum atomic E-state index is -0.238. The number of nitrogens with one attached hydrogen (secondary N) is 2. The zero-order valence-corrected chi connectivity index (χ0v) is 14.0. The molecular weight excluding hydrogens is 256 g/mol. The van der Waals surface area contributed by atoms with Gasteiger partial charge in [0.25, 0.3) is 0 Å². The normalized spacial score (nSPS) is 12.8. The van der Waals surface area contributed by atoms with E-state index in [1.54, 1.807) is 14.2 Å². The van der Waals surface area contributed by atoms with E-state index in [0.29, 0.717) is 6.54 Å². The number of ether oxygens (including phenoxy) is 2. The van der Waals surface area contributed by atoms with Crippen molar-refractivity contribution in [3.05, 3.63) is 0 Å². The molecule has 0 bridgehead atoms. The highest BCUT2D eigenvalue weighted by Gasteiger charge is 2.15. The van der Waals surface area contributed by atoms with E-state index in [1.165, 1.54) is 0 Å². The lowest BCUT2D eigenvalue weighted by Crippen LogP contribution is -2.42. The maximum Gasteiger partial charge on any atom is 0.191 e. The standard InChI is InChI=1S/C14H32N4O2/c1-7-15-13(17-12-14(2,3)20-6)16-8-9-18(4)10-11-19-5/h7-12H2,1-6H3,(H2,15,16,17). The molecule has 6 heteroatoms. The van der Waals surface area contributed by atoms with Crippen LogP contribution in [-0.2, 0) is 9.47 Å². The van der Waals surface area contributed by atoms with Crippen LogP contribution in [-0.4, -0.2) is 77.1 Å². The maximum absolute atomic E-state index is 5.37. The minimum absolute atomic E-state index is 0.238. The summed E-state index contributed by atoms with van der Waals surface area (Å²) in [5, 5.41) is 6.56. The van der Waals surface area contributed by atoms with Gasteiger partial charge in [0.1, 0.15) is 0 Å². The third-order valence-electron chi connectivity index (χ3n) is 2.98. The van der Waals surface area contributed by atoms with Crippen molar-refractivity contribution in [3.8, 4) is 0 Å². The van der Waals surface area contributed by atoms with Gasteiger partial charge in [-0.15, -0.1) is 0 Å². The van der Waals surface area contributed by atoms with Crippen molar-refractivity contribution < 1.29 is 9.47 Å². The summed E-state index contributed by atoms with van der Waals surface area (Å²) in [7, 11) is 5.51. The van der Waals surface area contributed by atoms with E-state index in [1.807, 2.05) is 13.8 Å². The Labute approximate surface area is 123 Å². The highest BCUT2D eigenvalue weighted by Crippen LogP contribution is 2.06. The smallest absolute Gasteiger partial charge is 0.191 e. The Morgan fingerprint density at radius 1 is 1.20 bits per heavy atom. The molecular formula is C14H32N4O2. The number of rotatable bonds is 10. The molecule has 0 aromatic carbocycles. The lowest BCUT2D eigenvalue weighted by atomic mass is 10.1. The van der Waals surface area contributed by atoms with Crippen molar-refractivity contribution in [3.63, 3.8) is 0 Å². The van der Waals surface area contributed by atoms with Gasteiger partial charge in [0.15, 0.2) is 5.96 Å². The van der Waals surface area contributed by atoms with E-state index in [2.05, 4.69) is 34.5 Å². The van der Waals surface area contributed by atoms with Crippen molar-refractivity contribution in [2.75, 3.05) is 60.6 Å². The van der Waals surface area contributed by atoms with Crippen LogP contribution in [0.25, 0.3) is 0 Å². The number of nitrogens with zero attached hydrogens (tertiary/aromatic N) is 2.